The van der Waals surface area contributed by atoms with Crippen LogP contribution in [0, 0.1) is 11.8 Å². The van der Waals surface area contributed by atoms with Gasteiger partial charge in [0.2, 0.25) is 5.95 Å². The summed E-state index contributed by atoms with van der Waals surface area (Å²) in [4.78, 5) is 15.3. The Labute approximate surface area is 126 Å². The van der Waals surface area contributed by atoms with Crippen molar-refractivity contribution in [2.24, 2.45) is 0 Å². The van der Waals surface area contributed by atoms with Crippen LogP contribution >= 0.6 is 0 Å². The first-order valence-corrected chi connectivity index (χ1v) is 6.69. The lowest BCUT2D eigenvalue weighted by Crippen LogP contribution is -2.11. The molecule has 2 N–H and O–H groups in total. The number of aromatic nitrogens is 1. The molecule has 1 aromatic carbocycles. The van der Waals surface area contributed by atoms with Crippen molar-refractivity contribution in [2.75, 3.05) is 12.8 Å². The maximum absolute atomic E-state index is 14.5. The Balaban J connectivity index is 2.79. The van der Waals surface area contributed by atoms with E-state index in [1.807, 2.05) is 0 Å². The lowest BCUT2D eigenvalue weighted by atomic mass is 9.91. The number of pyridine rings is 1. The molecule has 0 aliphatic rings. The molecule has 22 heavy (non-hydrogen) atoms. The molecule has 1 aromatic heterocycles. The number of esters is 1. The average molecular weight is 306 g/mol. The molecule has 6 heteroatoms. The second-order valence-corrected chi connectivity index (χ2v) is 5.13. The monoisotopic (exact) mass is 306 g/mol. The quantitative estimate of drug-likeness (QED) is 0.535. The van der Waals surface area contributed by atoms with E-state index in [0.717, 1.165) is 0 Å². The van der Waals surface area contributed by atoms with Crippen LogP contribution in [0.15, 0.2) is 24.4 Å². The minimum atomic E-state index is -0.810. The molecule has 0 spiro atoms. The largest absolute Gasteiger partial charge is 0.465 e. The van der Waals surface area contributed by atoms with Crippen LogP contribution < -0.4 is 5.73 Å². The van der Waals surface area contributed by atoms with Crippen LogP contribution in [0.2, 0.25) is 0 Å². The summed E-state index contributed by atoms with van der Waals surface area (Å²) in [6.45, 7) is 3.51. The van der Waals surface area contributed by atoms with E-state index < -0.39 is 17.7 Å². The highest BCUT2D eigenvalue weighted by molar-refractivity contribution is 5.94. The van der Waals surface area contributed by atoms with Gasteiger partial charge in [-0.25, -0.2) is 14.2 Å². The van der Waals surface area contributed by atoms with Gasteiger partial charge in [-0.1, -0.05) is 13.8 Å². The van der Waals surface area contributed by atoms with Crippen molar-refractivity contribution in [3.05, 3.63) is 47.3 Å². The minimum Gasteiger partial charge on any atom is -0.465 e. The Morgan fingerprint density at radius 3 is 2.55 bits per heavy atom. The number of halogens is 2. The molecule has 1 heterocycles. The van der Waals surface area contributed by atoms with Gasteiger partial charge in [0, 0.05) is 29.1 Å². The SMILES string of the molecule is COC(=O)c1cc(-c2ccnc(F)c2)c(N)c(C(C)C)c1F. The molecule has 116 valence electrons. The molecule has 0 bridgehead atoms. The number of nitrogens with zero attached hydrogens (tertiary/aromatic N) is 1. The number of nitrogens with two attached hydrogens (primary N) is 1. The lowest BCUT2D eigenvalue weighted by Gasteiger charge is -2.17. The average Bonchev–Trinajstić information content (AvgIpc) is 2.46. The molecular weight excluding hydrogens is 290 g/mol. The highest BCUT2D eigenvalue weighted by Gasteiger charge is 2.23. The van der Waals surface area contributed by atoms with Crippen LogP contribution in [0.5, 0.6) is 0 Å². The van der Waals surface area contributed by atoms with E-state index in [0.29, 0.717) is 11.1 Å². The number of methoxy groups -OCH3 is 1. The Kier molecular flexibility index (Phi) is 4.40. The molecule has 0 saturated heterocycles. The first-order chi connectivity index (χ1) is 10.4. The maximum Gasteiger partial charge on any atom is 0.340 e. The van der Waals surface area contributed by atoms with E-state index in [2.05, 4.69) is 9.72 Å². The predicted molar refractivity (Wildman–Crippen MR) is 79.4 cm³/mol. The summed E-state index contributed by atoms with van der Waals surface area (Å²) < 4.78 is 32.5. The summed E-state index contributed by atoms with van der Waals surface area (Å²) in [5.74, 6) is -2.46. The topological polar surface area (TPSA) is 65.2 Å². The lowest BCUT2D eigenvalue weighted by molar-refractivity contribution is 0.0595. The minimum absolute atomic E-state index is 0.172. The summed E-state index contributed by atoms with van der Waals surface area (Å²) >= 11 is 0. The van der Waals surface area contributed by atoms with E-state index >= 15 is 0 Å². The van der Waals surface area contributed by atoms with Crippen LogP contribution in [0.4, 0.5) is 14.5 Å². The third-order valence-electron chi connectivity index (χ3n) is 3.36. The molecule has 0 radical (unpaired) electrons. The molecule has 0 saturated carbocycles. The van der Waals surface area contributed by atoms with Gasteiger partial charge in [0.1, 0.15) is 5.82 Å². The smallest absolute Gasteiger partial charge is 0.340 e. The van der Waals surface area contributed by atoms with Gasteiger partial charge in [0.05, 0.1) is 12.7 Å². The van der Waals surface area contributed by atoms with Gasteiger partial charge in [-0.2, -0.15) is 4.39 Å². The van der Waals surface area contributed by atoms with Crippen molar-refractivity contribution < 1.29 is 18.3 Å². The number of ether oxygens (including phenoxy) is 1. The first-order valence-electron chi connectivity index (χ1n) is 6.69. The number of rotatable bonds is 3. The molecule has 4 nitrogen and oxygen atoms in total. The van der Waals surface area contributed by atoms with Gasteiger partial charge in [-0.05, 0) is 23.6 Å². The number of hydrogen-bond donors (Lipinski definition) is 1. The van der Waals surface area contributed by atoms with Crippen molar-refractivity contribution in [3.8, 4) is 11.1 Å². The van der Waals surface area contributed by atoms with E-state index in [4.69, 9.17) is 5.73 Å². The number of anilines is 1. The van der Waals surface area contributed by atoms with E-state index in [-0.39, 0.29) is 22.7 Å². The zero-order valence-electron chi connectivity index (χ0n) is 12.5. The third kappa shape index (κ3) is 2.77. The van der Waals surface area contributed by atoms with Gasteiger partial charge >= 0.3 is 5.97 Å². The summed E-state index contributed by atoms with van der Waals surface area (Å²) in [6, 6.07) is 3.99. The van der Waals surface area contributed by atoms with E-state index in [1.165, 1.54) is 31.5 Å². The van der Waals surface area contributed by atoms with Gasteiger partial charge in [0.25, 0.3) is 0 Å². The van der Waals surface area contributed by atoms with Crippen molar-refractivity contribution >= 4 is 11.7 Å². The second kappa shape index (κ2) is 6.09. The standard InChI is InChI=1S/C16H16F2N2O2/c1-8(2)13-14(18)11(16(21)22-3)7-10(15(13)19)9-4-5-20-12(17)6-9/h4-8H,19H2,1-3H3. The second-order valence-electron chi connectivity index (χ2n) is 5.13. The number of hydrogen-bond acceptors (Lipinski definition) is 4. The Morgan fingerprint density at radius 1 is 1.32 bits per heavy atom. The Hall–Kier alpha value is -2.50. The fourth-order valence-electron chi connectivity index (χ4n) is 2.33. The van der Waals surface area contributed by atoms with Crippen LogP contribution in [-0.2, 0) is 4.74 Å². The highest BCUT2D eigenvalue weighted by atomic mass is 19.1. The molecule has 0 fully saturated rings. The fraction of sp³-hybridized carbons (Fsp3) is 0.250. The number of carbonyl (C=O) groups excluding carboxylic acids is 1. The van der Waals surface area contributed by atoms with E-state index in [1.54, 1.807) is 13.8 Å². The van der Waals surface area contributed by atoms with Gasteiger partial charge < -0.3 is 10.5 Å². The predicted octanol–water partition coefficient (Wildman–Crippen LogP) is 3.52. The molecule has 0 atom stereocenters. The molecule has 0 aliphatic heterocycles. The highest BCUT2D eigenvalue weighted by Crippen LogP contribution is 2.36. The van der Waals surface area contributed by atoms with Crippen molar-refractivity contribution in [3.63, 3.8) is 0 Å². The van der Waals surface area contributed by atoms with Crippen LogP contribution in [0.25, 0.3) is 11.1 Å². The summed E-state index contributed by atoms with van der Waals surface area (Å²) in [7, 11) is 1.17. The van der Waals surface area contributed by atoms with Crippen LogP contribution in [-0.4, -0.2) is 18.1 Å². The maximum atomic E-state index is 14.5. The number of nitrogen functional groups attached to an aromatic ring is 1. The van der Waals surface area contributed by atoms with E-state index in [9.17, 15) is 13.6 Å². The first kappa shape index (κ1) is 15.9. The summed E-state index contributed by atoms with van der Waals surface area (Å²) in [6.07, 6.45) is 1.28. The molecule has 0 aliphatic carbocycles. The van der Waals surface area contributed by atoms with Crippen molar-refractivity contribution in [1.29, 1.82) is 0 Å². The van der Waals surface area contributed by atoms with Gasteiger partial charge in [0.15, 0.2) is 0 Å². The zero-order chi connectivity index (χ0) is 16.4. The third-order valence-corrected chi connectivity index (χ3v) is 3.36. The van der Waals surface area contributed by atoms with Crippen LogP contribution in [0.3, 0.4) is 0 Å². The summed E-state index contributed by atoms with van der Waals surface area (Å²) in [5.41, 5.74) is 6.97. The molecule has 2 aromatic rings. The molecule has 2 rings (SSSR count). The van der Waals surface area contributed by atoms with Crippen LogP contribution in [0.1, 0.15) is 35.7 Å². The number of carbonyl (C=O) groups is 1. The summed E-state index contributed by atoms with van der Waals surface area (Å²) in [5, 5.41) is 0. The van der Waals surface area contributed by atoms with Crippen molar-refractivity contribution in [2.45, 2.75) is 19.8 Å². The van der Waals surface area contributed by atoms with Gasteiger partial charge in [-0.3, -0.25) is 0 Å². The fourth-order valence-corrected chi connectivity index (χ4v) is 2.33. The Morgan fingerprint density at radius 2 is 2.00 bits per heavy atom. The number of benzene rings is 1. The van der Waals surface area contributed by atoms with Crippen molar-refractivity contribution in [1.82, 2.24) is 4.98 Å². The van der Waals surface area contributed by atoms with Gasteiger partial charge in [-0.15, -0.1) is 0 Å². The zero-order valence-corrected chi connectivity index (χ0v) is 12.5. The molecule has 0 amide bonds. The molecule has 0 unspecified atom stereocenters. The normalized spacial score (nSPS) is 10.8. The Bertz CT molecular complexity index is 730. The molecular formula is C16H16F2N2O2.